The average molecular weight is 313 g/mol. The summed E-state index contributed by atoms with van der Waals surface area (Å²) in [7, 11) is 0. The van der Waals surface area contributed by atoms with E-state index >= 15 is 0 Å². The predicted octanol–water partition coefficient (Wildman–Crippen LogP) is 0.568. The summed E-state index contributed by atoms with van der Waals surface area (Å²) in [6.45, 7) is 14.7. The van der Waals surface area contributed by atoms with E-state index in [2.05, 4.69) is 27.4 Å². The van der Waals surface area contributed by atoms with Crippen LogP contribution in [0.15, 0.2) is 12.2 Å². The van der Waals surface area contributed by atoms with Crippen LogP contribution >= 0.6 is 0 Å². The summed E-state index contributed by atoms with van der Waals surface area (Å²) >= 11 is 0. The van der Waals surface area contributed by atoms with Crippen LogP contribution in [0, 0.1) is 0 Å². The van der Waals surface area contributed by atoms with Gasteiger partial charge in [0.1, 0.15) is 0 Å². The highest BCUT2D eigenvalue weighted by Gasteiger charge is 2.17. The number of rotatable bonds is 4. The lowest BCUT2D eigenvalue weighted by Gasteiger charge is -2.31. The number of aliphatic hydroxyl groups is 1. The molecule has 0 spiro atoms. The minimum absolute atomic E-state index is 0.217. The molecular formula is C17H36N4O. The predicted molar refractivity (Wildman–Crippen MR) is 94.3 cm³/mol. The van der Waals surface area contributed by atoms with Gasteiger partial charge in [0.05, 0.1) is 6.61 Å². The van der Waals surface area contributed by atoms with Crippen LogP contribution in [0.4, 0.5) is 0 Å². The Kier molecular flexibility index (Phi) is 11.6. The largest absolute Gasteiger partial charge is 0.395 e. The third-order valence-electron chi connectivity index (χ3n) is 4.09. The molecule has 5 nitrogen and oxygen atoms in total. The van der Waals surface area contributed by atoms with E-state index in [1.165, 1.54) is 6.42 Å². The van der Waals surface area contributed by atoms with Gasteiger partial charge >= 0.3 is 0 Å². The smallest absolute Gasteiger partial charge is 0.0589 e. The number of hydrogen-bond acceptors (Lipinski definition) is 5. The second-order valence-electron chi connectivity index (χ2n) is 6.34. The van der Waals surface area contributed by atoms with E-state index in [9.17, 15) is 5.11 Å². The molecule has 1 aliphatic heterocycles. The second kappa shape index (κ2) is 13.0. The highest BCUT2D eigenvalue weighted by atomic mass is 16.3. The Labute approximate surface area is 136 Å². The molecule has 1 aliphatic rings. The van der Waals surface area contributed by atoms with E-state index in [1.807, 2.05) is 6.92 Å². The van der Waals surface area contributed by atoms with Gasteiger partial charge in [-0.25, -0.2) is 0 Å². The van der Waals surface area contributed by atoms with E-state index in [4.69, 9.17) is 0 Å². The fourth-order valence-electron chi connectivity index (χ4n) is 2.89. The van der Waals surface area contributed by atoms with Gasteiger partial charge in [-0.2, -0.15) is 0 Å². The minimum atomic E-state index is 0.217. The maximum atomic E-state index is 9.71. The number of aliphatic hydroxyl groups excluding tert-OH is 1. The van der Waals surface area contributed by atoms with Crippen LogP contribution < -0.4 is 16.0 Å². The Bertz CT molecular complexity index is 270. The highest BCUT2D eigenvalue weighted by molar-refractivity contribution is 4.93. The molecule has 1 fully saturated rings. The molecule has 0 aromatic rings. The Morgan fingerprint density at radius 3 is 1.95 bits per heavy atom. The van der Waals surface area contributed by atoms with E-state index < -0.39 is 0 Å². The Morgan fingerprint density at radius 2 is 1.45 bits per heavy atom. The molecule has 1 saturated heterocycles. The van der Waals surface area contributed by atoms with Gasteiger partial charge in [0, 0.05) is 19.1 Å². The van der Waals surface area contributed by atoms with Gasteiger partial charge in [-0.15, -0.1) is 6.58 Å². The summed E-state index contributed by atoms with van der Waals surface area (Å²) in [5.41, 5.74) is 1.15. The van der Waals surface area contributed by atoms with Crippen LogP contribution in [-0.4, -0.2) is 75.0 Å². The van der Waals surface area contributed by atoms with Gasteiger partial charge in [0.2, 0.25) is 0 Å². The van der Waals surface area contributed by atoms with Crippen LogP contribution in [-0.2, 0) is 0 Å². The zero-order valence-electron chi connectivity index (χ0n) is 14.4. The fraction of sp³-hybridized carbons (Fsp3) is 0.882. The van der Waals surface area contributed by atoms with Gasteiger partial charge in [0.25, 0.3) is 0 Å². The van der Waals surface area contributed by atoms with Crippen molar-refractivity contribution in [3.8, 4) is 0 Å². The van der Waals surface area contributed by atoms with E-state index in [-0.39, 0.29) is 12.6 Å². The van der Waals surface area contributed by atoms with Gasteiger partial charge in [-0.3, -0.25) is 4.90 Å². The molecular weight excluding hydrogens is 276 g/mol. The second-order valence-corrected chi connectivity index (χ2v) is 6.34. The first-order valence-electron chi connectivity index (χ1n) is 8.85. The third kappa shape index (κ3) is 9.54. The monoisotopic (exact) mass is 312 g/mol. The molecule has 1 atom stereocenters. The van der Waals surface area contributed by atoms with Crippen molar-refractivity contribution in [2.75, 3.05) is 59.0 Å². The molecule has 1 unspecified atom stereocenters. The lowest BCUT2D eigenvalue weighted by molar-refractivity contribution is 0.119. The molecule has 0 aromatic heterocycles. The summed E-state index contributed by atoms with van der Waals surface area (Å²) in [4.78, 5) is 2.44. The SMILES string of the molecule is C=C(C)CC(CO)N1CCCNCCCNCCNCCC1. The van der Waals surface area contributed by atoms with E-state index in [1.54, 1.807) is 0 Å². The Balaban J connectivity index is 2.45. The minimum Gasteiger partial charge on any atom is -0.395 e. The fourth-order valence-corrected chi connectivity index (χ4v) is 2.89. The standard InChI is InChI=1S/C17H36N4O/c1-16(2)14-17(15-22)21-12-4-8-18-6-3-7-19-10-11-20-9-5-13-21/h17-20,22H,1,3-15H2,2H3. The van der Waals surface area contributed by atoms with Crippen molar-refractivity contribution in [3.05, 3.63) is 12.2 Å². The van der Waals surface area contributed by atoms with Crippen molar-refractivity contribution in [1.82, 2.24) is 20.9 Å². The number of nitrogens with zero attached hydrogens (tertiary/aromatic N) is 1. The van der Waals surface area contributed by atoms with E-state index in [0.29, 0.717) is 0 Å². The molecule has 5 heteroatoms. The molecule has 0 amide bonds. The molecule has 0 aromatic carbocycles. The molecule has 1 heterocycles. The Hall–Kier alpha value is -0.460. The Morgan fingerprint density at radius 1 is 0.955 bits per heavy atom. The van der Waals surface area contributed by atoms with Crippen molar-refractivity contribution in [2.45, 2.75) is 38.6 Å². The highest BCUT2D eigenvalue weighted by Crippen LogP contribution is 2.11. The van der Waals surface area contributed by atoms with Crippen LogP contribution in [0.1, 0.15) is 32.6 Å². The normalized spacial score (nSPS) is 22.5. The van der Waals surface area contributed by atoms with Crippen molar-refractivity contribution in [2.24, 2.45) is 0 Å². The van der Waals surface area contributed by atoms with Crippen molar-refractivity contribution in [1.29, 1.82) is 0 Å². The molecule has 0 bridgehead atoms. The van der Waals surface area contributed by atoms with Crippen molar-refractivity contribution < 1.29 is 5.11 Å². The summed E-state index contributed by atoms with van der Waals surface area (Å²) in [5, 5.41) is 20.2. The van der Waals surface area contributed by atoms with Crippen molar-refractivity contribution >= 4 is 0 Å². The first-order valence-corrected chi connectivity index (χ1v) is 8.85. The maximum Gasteiger partial charge on any atom is 0.0589 e. The maximum absolute atomic E-state index is 9.71. The van der Waals surface area contributed by atoms with Gasteiger partial charge in [-0.05, 0) is 71.9 Å². The molecule has 0 saturated carbocycles. The van der Waals surface area contributed by atoms with Gasteiger partial charge in [-0.1, -0.05) is 5.57 Å². The summed E-state index contributed by atoms with van der Waals surface area (Å²) in [5.74, 6) is 0. The molecule has 22 heavy (non-hydrogen) atoms. The van der Waals surface area contributed by atoms with Gasteiger partial charge < -0.3 is 21.1 Å². The molecule has 0 radical (unpaired) electrons. The quantitative estimate of drug-likeness (QED) is 0.572. The van der Waals surface area contributed by atoms with E-state index in [0.717, 1.165) is 77.2 Å². The topological polar surface area (TPSA) is 59.6 Å². The summed E-state index contributed by atoms with van der Waals surface area (Å²) < 4.78 is 0. The molecule has 4 N–H and O–H groups in total. The number of nitrogens with one attached hydrogen (secondary N) is 3. The zero-order valence-corrected chi connectivity index (χ0v) is 14.4. The third-order valence-corrected chi connectivity index (χ3v) is 4.09. The molecule has 0 aliphatic carbocycles. The van der Waals surface area contributed by atoms with Crippen molar-refractivity contribution in [3.63, 3.8) is 0 Å². The van der Waals surface area contributed by atoms with Crippen LogP contribution in [0.5, 0.6) is 0 Å². The lowest BCUT2D eigenvalue weighted by Crippen LogP contribution is -2.41. The molecule has 130 valence electrons. The van der Waals surface area contributed by atoms with Crippen LogP contribution in [0.25, 0.3) is 0 Å². The lowest BCUT2D eigenvalue weighted by atomic mass is 10.1. The summed E-state index contributed by atoms with van der Waals surface area (Å²) in [6.07, 6.45) is 4.33. The first kappa shape index (κ1) is 19.6. The number of hydrogen-bond donors (Lipinski definition) is 4. The summed E-state index contributed by atoms with van der Waals surface area (Å²) in [6, 6.07) is 0.217. The zero-order chi connectivity index (χ0) is 16.0. The van der Waals surface area contributed by atoms with Gasteiger partial charge in [0.15, 0.2) is 0 Å². The molecule has 1 rings (SSSR count). The van der Waals surface area contributed by atoms with Crippen LogP contribution in [0.2, 0.25) is 0 Å². The van der Waals surface area contributed by atoms with Crippen LogP contribution in [0.3, 0.4) is 0 Å². The first-order chi connectivity index (χ1) is 10.7. The average Bonchev–Trinajstić information content (AvgIpc) is 2.51.